The largest absolute Gasteiger partial charge is 0.468 e. The van der Waals surface area contributed by atoms with Gasteiger partial charge in [0.1, 0.15) is 17.5 Å². The Labute approximate surface area is 176 Å². The van der Waals surface area contributed by atoms with Crippen LogP contribution in [0.1, 0.15) is 24.8 Å². The van der Waals surface area contributed by atoms with E-state index in [2.05, 4.69) is 9.88 Å². The molecule has 3 aliphatic rings. The number of aromatic nitrogens is 1. The van der Waals surface area contributed by atoms with Gasteiger partial charge in [0.05, 0.1) is 0 Å². The van der Waals surface area contributed by atoms with E-state index in [-0.39, 0.29) is 17.7 Å². The van der Waals surface area contributed by atoms with Crippen molar-refractivity contribution in [3.05, 3.63) is 54.2 Å². The monoisotopic (exact) mass is 406 g/mol. The number of para-hydroxylation sites is 1. The van der Waals surface area contributed by atoms with Crippen molar-refractivity contribution >= 4 is 17.6 Å². The predicted octanol–water partition coefficient (Wildman–Crippen LogP) is 2.10. The second-order valence-electron chi connectivity index (χ2n) is 8.50. The molecule has 0 aliphatic carbocycles. The molecule has 0 spiro atoms. The quantitative estimate of drug-likeness (QED) is 0.715. The number of anilines is 1. The first-order valence-electron chi connectivity index (χ1n) is 10.5. The van der Waals surface area contributed by atoms with Gasteiger partial charge >= 0.3 is 0 Å². The summed E-state index contributed by atoms with van der Waals surface area (Å²) >= 11 is 0. The standard InChI is InChI=1S/C23H26N4O3/c1-23-15-17(16-7-3-4-8-18(16)30-23)20(21(28)25(23)2)22(29)27-13-11-26(12-14-27)19-9-5-6-10-24-19/h3-10,17,20H,11-15H2,1-2H3/t17-,20+,23-/m1/s1. The molecule has 3 aliphatic heterocycles. The molecule has 0 saturated carbocycles. The summed E-state index contributed by atoms with van der Waals surface area (Å²) in [5, 5.41) is 0. The number of hydrogen-bond donors (Lipinski definition) is 0. The number of ether oxygens (including phenoxy) is 1. The van der Waals surface area contributed by atoms with Gasteiger partial charge in [-0.1, -0.05) is 24.3 Å². The van der Waals surface area contributed by atoms with E-state index >= 15 is 0 Å². The molecule has 5 rings (SSSR count). The molecule has 1 aromatic heterocycles. The van der Waals surface area contributed by atoms with Gasteiger partial charge in [-0.15, -0.1) is 0 Å². The third-order valence-electron chi connectivity index (χ3n) is 6.79. The Morgan fingerprint density at radius 1 is 1.10 bits per heavy atom. The van der Waals surface area contributed by atoms with Gasteiger partial charge in [-0.25, -0.2) is 4.98 Å². The molecule has 2 bridgehead atoms. The minimum atomic E-state index is -0.718. The van der Waals surface area contributed by atoms with Gasteiger partial charge in [0.2, 0.25) is 11.8 Å². The highest BCUT2D eigenvalue weighted by atomic mass is 16.5. The van der Waals surface area contributed by atoms with Crippen LogP contribution in [0.2, 0.25) is 0 Å². The molecule has 156 valence electrons. The number of pyridine rings is 1. The molecule has 2 amide bonds. The molecule has 0 N–H and O–H groups in total. The molecule has 2 aromatic rings. The first kappa shape index (κ1) is 18.9. The Hall–Kier alpha value is -3.09. The number of piperidine rings is 1. The smallest absolute Gasteiger partial charge is 0.238 e. The van der Waals surface area contributed by atoms with Crippen LogP contribution in [0.3, 0.4) is 0 Å². The zero-order valence-electron chi connectivity index (χ0n) is 17.3. The Balaban J connectivity index is 1.39. The zero-order chi connectivity index (χ0) is 20.9. The van der Waals surface area contributed by atoms with Crippen LogP contribution in [-0.2, 0) is 9.59 Å². The molecule has 4 heterocycles. The van der Waals surface area contributed by atoms with Crippen molar-refractivity contribution < 1.29 is 14.3 Å². The summed E-state index contributed by atoms with van der Waals surface area (Å²) < 4.78 is 6.18. The normalized spacial score (nSPS) is 28.1. The summed E-state index contributed by atoms with van der Waals surface area (Å²) in [5.74, 6) is 0.608. The van der Waals surface area contributed by atoms with Gasteiger partial charge in [-0.05, 0) is 30.7 Å². The fourth-order valence-corrected chi connectivity index (χ4v) is 4.96. The molecule has 3 atom stereocenters. The summed E-state index contributed by atoms with van der Waals surface area (Å²) in [5.41, 5.74) is 0.242. The van der Waals surface area contributed by atoms with Crippen LogP contribution in [0.25, 0.3) is 0 Å². The van der Waals surface area contributed by atoms with Crippen molar-refractivity contribution in [2.45, 2.75) is 25.0 Å². The number of fused-ring (bicyclic) bond motifs is 4. The number of benzene rings is 1. The number of hydrogen-bond acceptors (Lipinski definition) is 5. The number of amides is 2. The summed E-state index contributed by atoms with van der Waals surface area (Å²) in [4.78, 5) is 36.9. The van der Waals surface area contributed by atoms with Gasteiger partial charge in [-0.3, -0.25) is 9.59 Å². The van der Waals surface area contributed by atoms with E-state index in [1.165, 1.54) is 0 Å². The van der Waals surface area contributed by atoms with E-state index in [0.29, 0.717) is 32.6 Å². The molecule has 2 fully saturated rings. The molecular weight excluding hydrogens is 380 g/mol. The van der Waals surface area contributed by atoms with Crippen molar-refractivity contribution in [1.29, 1.82) is 0 Å². The van der Waals surface area contributed by atoms with E-state index in [1.807, 2.05) is 54.3 Å². The third kappa shape index (κ3) is 2.91. The summed E-state index contributed by atoms with van der Waals surface area (Å²) in [6, 6.07) is 13.6. The van der Waals surface area contributed by atoms with Crippen LogP contribution >= 0.6 is 0 Å². The minimum Gasteiger partial charge on any atom is -0.468 e. The average molecular weight is 406 g/mol. The third-order valence-corrected chi connectivity index (χ3v) is 6.79. The molecule has 0 radical (unpaired) electrons. The fraction of sp³-hybridized carbons (Fsp3) is 0.435. The van der Waals surface area contributed by atoms with Crippen molar-refractivity contribution in [2.75, 3.05) is 38.1 Å². The minimum absolute atomic E-state index is 0.0729. The zero-order valence-corrected chi connectivity index (χ0v) is 17.3. The van der Waals surface area contributed by atoms with Crippen molar-refractivity contribution in [2.24, 2.45) is 5.92 Å². The van der Waals surface area contributed by atoms with E-state index in [9.17, 15) is 9.59 Å². The second kappa shape index (κ2) is 7.00. The Kier molecular flexibility index (Phi) is 4.41. The topological polar surface area (TPSA) is 66.0 Å². The van der Waals surface area contributed by atoms with Gasteiger partial charge < -0.3 is 19.4 Å². The molecule has 30 heavy (non-hydrogen) atoms. The highest BCUT2D eigenvalue weighted by Gasteiger charge is 2.55. The maximum absolute atomic E-state index is 13.6. The predicted molar refractivity (Wildman–Crippen MR) is 112 cm³/mol. The number of rotatable bonds is 2. The van der Waals surface area contributed by atoms with Crippen molar-refractivity contribution in [3.63, 3.8) is 0 Å². The highest BCUT2D eigenvalue weighted by molar-refractivity contribution is 6.02. The van der Waals surface area contributed by atoms with Crippen LogP contribution in [0, 0.1) is 5.92 Å². The van der Waals surface area contributed by atoms with Crippen LogP contribution in [0.15, 0.2) is 48.7 Å². The number of carbonyl (C=O) groups excluding carboxylic acids is 2. The maximum Gasteiger partial charge on any atom is 0.238 e. The Morgan fingerprint density at radius 2 is 1.83 bits per heavy atom. The summed E-state index contributed by atoms with van der Waals surface area (Å²) in [7, 11) is 1.74. The summed E-state index contributed by atoms with van der Waals surface area (Å²) in [6.45, 7) is 4.53. The number of nitrogens with zero attached hydrogens (tertiary/aromatic N) is 4. The molecule has 2 saturated heterocycles. The van der Waals surface area contributed by atoms with E-state index < -0.39 is 11.6 Å². The van der Waals surface area contributed by atoms with E-state index in [4.69, 9.17) is 4.74 Å². The highest BCUT2D eigenvalue weighted by Crippen LogP contribution is 2.50. The SMILES string of the molecule is CN1C(=O)[C@@H](C(=O)N2CCN(c3ccccn3)CC2)[C@@H]2C[C@@]1(C)Oc1ccccc12. The molecule has 0 unspecified atom stereocenters. The maximum atomic E-state index is 13.6. The molecular formula is C23H26N4O3. The first-order valence-corrected chi connectivity index (χ1v) is 10.5. The van der Waals surface area contributed by atoms with Gasteiger partial charge in [0, 0.05) is 51.8 Å². The number of carbonyl (C=O) groups is 2. The Morgan fingerprint density at radius 3 is 2.57 bits per heavy atom. The van der Waals surface area contributed by atoms with Crippen LogP contribution in [0.4, 0.5) is 5.82 Å². The average Bonchev–Trinajstić information content (AvgIpc) is 2.78. The Bertz CT molecular complexity index is 973. The molecule has 7 nitrogen and oxygen atoms in total. The van der Waals surface area contributed by atoms with Gasteiger partial charge in [0.15, 0.2) is 5.72 Å². The van der Waals surface area contributed by atoms with E-state index in [0.717, 1.165) is 17.1 Å². The van der Waals surface area contributed by atoms with Crippen molar-refractivity contribution in [3.8, 4) is 5.75 Å². The summed E-state index contributed by atoms with van der Waals surface area (Å²) in [6.07, 6.45) is 2.40. The van der Waals surface area contributed by atoms with E-state index in [1.54, 1.807) is 18.1 Å². The molecule has 1 aromatic carbocycles. The fourth-order valence-electron chi connectivity index (χ4n) is 4.96. The lowest BCUT2D eigenvalue weighted by Gasteiger charge is -2.52. The van der Waals surface area contributed by atoms with Crippen LogP contribution < -0.4 is 9.64 Å². The van der Waals surface area contributed by atoms with Crippen LogP contribution in [0.5, 0.6) is 5.75 Å². The van der Waals surface area contributed by atoms with Gasteiger partial charge in [0.25, 0.3) is 0 Å². The lowest BCUT2D eigenvalue weighted by atomic mass is 9.73. The lowest BCUT2D eigenvalue weighted by molar-refractivity contribution is -0.174. The van der Waals surface area contributed by atoms with Crippen molar-refractivity contribution in [1.82, 2.24) is 14.8 Å². The lowest BCUT2D eigenvalue weighted by Crippen LogP contribution is -2.64. The first-order chi connectivity index (χ1) is 14.5. The second-order valence-corrected chi connectivity index (χ2v) is 8.50. The molecule has 7 heteroatoms. The number of likely N-dealkylation sites (tertiary alicyclic amines) is 1. The number of piperazine rings is 1. The van der Waals surface area contributed by atoms with Crippen LogP contribution in [-0.4, -0.2) is 65.5 Å². The van der Waals surface area contributed by atoms with Gasteiger partial charge in [-0.2, -0.15) is 0 Å².